The van der Waals surface area contributed by atoms with Crippen LogP contribution in [0, 0.1) is 0 Å². The molecule has 0 bridgehead atoms. The number of aliphatic hydroxyl groups excluding tert-OH is 1. The number of rotatable bonds is 13. The topological polar surface area (TPSA) is 85.0 Å². The Labute approximate surface area is 229 Å². The molecular weight excluding hydrogens is 502 g/mol. The molecule has 1 aromatic heterocycles. The Morgan fingerprint density at radius 2 is 1.61 bits per heavy atom. The lowest BCUT2D eigenvalue weighted by atomic mass is 9.75. The third kappa shape index (κ3) is 5.68. The number of nitrogens with zero attached hydrogens (tertiary/aromatic N) is 1. The zero-order valence-corrected chi connectivity index (χ0v) is 23.0. The van der Waals surface area contributed by atoms with E-state index in [-0.39, 0.29) is 0 Å². The minimum absolute atomic E-state index is 0.431. The van der Waals surface area contributed by atoms with E-state index in [1.165, 1.54) is 0 Å². The van der Waals surface area contributed by atoms with E-state index in [0.717, 1.165) is 51.9 Å². The molecule has 7 heteroatoms. The molecule has 0 saturated carbocycles. The van der Waals surface area contributed by atoms with Crippen molar-refractivity contribution in [2.45, 2.75) is 64.6 Å². The number of halogens is 1. The predicted octanol–water partition coefficient (Wildman–Crippen LogP) is 7.32. The summed E-state index contributed by atoms with van der Waals surface area (Å²) in [7, 11) is 0. The number of aryl methyl sites for hydroxylation is 1. The Morgan fingerprint density at radius 3 is 2.24 bits per heavy atom. The van der Waals surface area contributed by atoms with E-state index in [1.807, 2.05) is 62.4 Å². The molecule has 0 spiro atoms. The van der Waals surface area contributed by atoms with Gasteiger partial charge in [0.05, 0.1) is 23.6 Å². The zero-order chi connectivity index (χ0) is 27.1. The van der Waals surface area contributed by atoms with Crippen molar-refractivity contribution in [1.82, 2.24) is 5.16 Å². The first-order valence-electron chi connectivity index (χ1n) is 13.3. The van der Waals surface area contributed by atoms with Gasteiger partial charge in [0.15, 0.2) is 11.9 Å². The first-order chi connectivity index (χ1) is 18.4. The fraction of sp³-hybridized carbons (Fsp3) is 0.387. The monoisotopic (exact) mass is 537 g/mol. The molecule has 0 atom stereocenters. The van der Waals surface area contributed by atoms with Gasteiger partial charge < -0.3 is 24.2 Å². The third-order valence-electron chi connectivity index (χ3n) is 7.31. The molecule has 38 heavy (non-hydrogen) atoms. The number of aromatic nitrogens is 1. The van der Waals surface area contributed by atoms with Gasteiger partial charge >= 0.3 is 0 Å². The van der Waals surface area contributed by atoms with Crippen LogP contribution in [-0.2, 0) is 11.8 Å². The maximum atomic E-state index is 9.99. The van der Waals surface area contributed by atoms with Gasteiger partial charge in [-0.3, -0.25) is 0 Å². The molecule has 0 saturated heterocycles. The van der Waals surface area contributed by atoms with Gasteiger partial charge in [-0.2, -0.15) is 0 Å². The SMILES string of the molecule is CCCc1c(OCCCOc2ccc(C(CC)(CC)C(O)O)cc2Cl)ccc2c(-c3ccccc3)noc12. The highest BCUT2D eigenvalue weighted by molar-refractivity contribution is 6.32. The summed E-state index contributed by atoms with van der Waals surface area (Å²) in [5, 5.41) is 25.8. The maximum absolute atomic E-state index is 9.99. The summed E-state index contributed by atoms with van der Waals surface area (Å²) in [5.74, 6) is 1.36. The van der Waals surface area contributed by atoms with E-state index in [4.69, 9.17) is 25.6 Å². The summed E-state index contributed by atoms with van der Waals surface area (Å²) in [6, 6.07) is 19.5. The van der Waals surface area contributed by atoms with Crippen molar-refractivity contribution in [2.24, 2.45) is 0 Å². The lowest BCUT2D eigenvalue weighted by Crippen LogP contribution is -2.38. The van der Waals surface area contributed by atoms with E-state index >= 15 is 0 Å². The summed E-state index contributed by atoms with van der Waals surface area (Å²) >= 11 is 6.48. The molecule has 0 amide bonds. The zero-order valence-electron chi connectivity index (χ0n) is 22.2. The fourth-order valence-electron chi connectivity index (χ4n) is 4.99. The van der Waals surface area contributed by atoms with Crippen molar-refractivity contribution in [3.63, 3.8) is 0 Å². The van der Waals surface area contributed by atoms with Crippen molar-refractivity contribution >= 4 is 22.6 Å². The van der Waals surface area contributed by atoms with E-state index in [1.54, 1.807) is 12.1 Å². The summed E-state index contributed by atoms with van der Waals surface area (Å²) in [5.41, 5.74) is 3.70. The molecule has 0 aliphatic carbocycles. The molecule has 0 aliphatic heterocycles. The van der Waals surface area contributed by atoms with Crippen LogP contribution in [0.4, 0.5) is 0 Å². The van der Waals surface area contributed by atoms with Crippen LogP contribution in [0.1, 0.15) is 57.6 Å². The average molecular weight is 538 g/mol. The second kappa shape index (κ2) is 12.7. The van der Waals surface area contributed by atoms with Crippen LogP contribution in [-0.4, -0.2) is 34.9 Å². The summed E-state index contributed by atoms with van der Waals surface area (Å²) in [4.78, 5) is 0. The molecule has 0 radical (unpaired) electrons. The van der Waals surface area contributed by atoms with Crippen molar-refractivity contribution in [3.8, 4) is 22.8 Å². The molecule has 202 valence electrons. The average Bonchev–Trinajstić information content (AvgIpc) is 3.36. The van der Waals surface area contributed by atoms with Crippen LogP contribution in [0.3, 0.4) is 0 Å². The third-order valence-corrected chi connectivity index (χ3v) is 7.61. The minimum Gasteiger partial charge on any atom is -0.493 e. The van der Waals surface area contributed by atoms with E-state index in [2.05, 4.69) is 12.1 Å². The fourth-order valence-corrected chi connectivity index (χ4v) is 5.23. The van der Waals surface area contributed by atoms with Crippen LogP contribution < -0.4 is 9.47 Å². The molecule has 0 unspecified atom stereocenters. The molecule has 2 N–H and O–H groups in total. The Balaban J connectivity index is 1.39. The number of hydrogen-bond donors (Lipinski definition) is 2. The van der Waals surface area contributed by atoms with E-state index in [0.29, 0.717) is 43.2 Å². The standard InChI is InChI=1S/C31H36ClNO5/c1-4-11-23-26(17-15-24-28(33-38-29(23)24)21-12-8-7-9-13-21)36-18-10-19-37-27-16-14-22(20-25(27)32)31(5-2,6-3)30(34)35/h7-9,12-17,20,30,34-35H,4-6,10-11,18-19H2,1-3H3. The number of benzene rings is 3. The Kier molecular flexibility index (Phi) is 9.31. The maximum Gasteiger partial charge on any atom is 0.174 e. The lowest BCUT2D eigenvalue weighted by molar-refractivity contribution is -0.103. The normalized spacial score (nSPS) is 11.9. The van der Waals surface area contributed by atoms with Gasteiger partial charge in [-0.25, -0.2) is 0 Å². The predicted molar refractivity (Wildman–Crippen MR) is 151 cm³/mol. The van der Waals surface area contributed by atoms with Crippen molar-refractivity contribution < 1.29 is 24.2 Å². The molecule has 4 rings (SSSR count). The van der Waals surface area contributed by atoms with Gasteiger partial charge in [-0.05, 0) is 49.1 Å². The molecular formula is C31H36ClNO5. The van der Waals surface area contributed by atoms with Gasteiger partial charge in [0.2, 0.25) is 0 Å². The highest BCUT2D eigenvalue weighted by atomic mass is 35.5. The van der Waals surface area contributed by atoms with Crippen molar-refractivity contribution in [3.05, 3.63) is 76.8 Å². The minimum atomic E-state index is -1.46. The van der Waals surface area contributed by atoms with Crippen LogP contribution in [0.2, 0.25) is 5.02 Å². The molecule has 0 fully saturated rings. The number of hydrogen-bond acceptors (Lipinski definition) is 6. The second-order valence-electron chi connectivity index (χ2n) is 9.50. The summed E-state index contributed by atoms with van der Waals surface area (Å²) in [6.07, 6.45) is 2.16. The molecule has 6 nitrogen and oxygen atoms in total. The molecule has 0 aliphatic rings. The van der Waals surface area contributed by atoms with Crippen LogP contribution >= 0.6 is 11.6 Å². The van der Waals surface area contributed by atoms with Gasteiger partial charge in [-0.15, -0.1) is 0 Å². The van der Waals surface area contributed by atoms with Gasteiger partial charge in [-0.1, -0.05) is 80.3 Å². The van der Waals surface area contributed by atoms with Crippen LogP contribution in [0.15, 0.2) is 65.2 Å². The highest BCUT2D eigenvalue weighted by Crippen LogP contribution is 2.38. The Bertz CT molecular complexity index is 1330. The number of fused-ring (bicyclic) bond motifs is 1. The lowest BCUT2D eigenvalue weighted by Gasteiger charge is -2.34. The van der Waals surface area contributed by atoms with Crippen LogP contribution in [0.25, 0.3) is 22.2 Å². The number of ether oxygens (including phenoxy) is 2. The Hall–Kier alpha value is -3.06. The quantitative estimate of drug-likeness (QED) is 0.137. The smallest absolute Gasteiger partial charge is 0.174 e. The van der Waals surface area contributed by atoms with E-state index < -0.39 is 11.7 Å². The highest BCUT2D eigenvalue weighted by Gasteiger charge is 2.35. The van der Waals surface area contributed by atoms with Crippen LogP contribution in [0.5, 0.6) is 11.5 Å². The van der Waals surface area contributed by atoms with Gasteiger partial charge in [0.1, 0.15) is 17.2 Å². The molecule has 1 heterocycles. The second-order valence-corrected chi connectivity index (χ2v) is 9.91. The summed E-state index contributed by atoms with van der Waals surface area (Å²) < 4.78 is 17.8. The number of aliphatic hydroxyl groups is 2. The molecule has 4 aromatic rings. The van der Waals surface area contributed by atoms with Crippen molar-refractivity contribution in [1.29, 1.82) is 0 Å². The van der Waals surface area contributed by atoms with Crippen molar-refractivity contribution in [2.75, 3.05) is 13.2 Å². The first kappa shape index (κ1) is 28.0. The molecule has 3 aromatic carbocycles. The first-order valence-corrected chi connectivity index (χ1v) is 13.7. The van der Waals surface area contributed by atoms with Gasteiger partial charge in [0.25, 0.3) is 0 Å². The van der Waals surface area contributed by atoms with Gasteiger partial charge in [0, 0.05) is 23.0 Å². The van der Waals surface area contributed by atoms with E-state index in [9.17, 15) is 10.2 Å². The Morgan fingerprint density at radius 1 is 0.921 bits per heavy atom. The summed E-state index contributed by atoms with van der Waals surface area (Å²) in [6.45, 7) is 6.92. The largest absolute Gasteiger partial charge is 0.493 e.